The molecule has 2 aliphatic rings. The number of amides is 1. The summed E-state index contributed by atoms with van der Waals surface area (Å²) in [6.07, 6.45) is 4.20. The summed E-state index contributed by atoms with van der Waals surface area (Å²) >= 11 is 0. The van der Waals surface area contributed by atoms with Gasteiger partial charge in [0.1, 0.15) is 5.82 Å². The molecule has 25 heavy (non-hydrogen) atoms. The summed E-state index contributed by atoms with van der Waals surface area (Å²) in [5, 5.41) is 4.14. The van der Waals surface area contributed by atoms with E-state index in [1.165, 1.54) is 18.2 Å². The van der Waals surface area contributed by atoms with Gasteiger partial charge in [-0.3, -0.25) is 9.59 Å². The standard InChI is InChI=1S/C18H20FN3O2.ClH/c1-22(13-7-11-3-4-12(8-13)20-11)18(24)15-9-17(23)21-16-6-10(19)2-5-14(15)16;/h2,5-6,9,11-13,20H,3-4,7-8H2,1H3,(H,21,23);1H. The lowest BCUT2D eigenvalue weighted by atomic mass is 9.97. The number of piperidine rings is 1. The second-order valence-electron chi connectivity index (χ2n) is 6.92. The van der Waals surface area contributed by atoms with Gasteiger partial charge in [-0.05, 0) is 43.9 Å². The molecule has 5 nitrogen and oxygen atoms in total. The predicted octanol–water partition coefficient (Wildman–Crippen LogP) is 2.44. The van der Waals surface area contributed by atoms with Gasteiger partial charge in [0.05, 0.1) is 11.1 Å². The maximum absolute atomic E-state index is 13.4. The molecule has 134 valence electrons. The number of rotatable bonds is 2. The number of aromatic amines is 1. The van der Waals surface area contributed by atoms with Crippen molar-refractivity contribution in [2.24, 2.45) is 0 Å². The van der Waals surface area contributed by atoms with Crippen molar-refractivity contribution in [3.8, 4) is 0 Å². The van der Waals surface area contributed by atoms with Crippen molar-refractivity contribution in [2.75, 3.05) is 7.05 Å². The summed E-state index contributed by atoms with van der Waals surface area (Å²) in [5.41, 5.74) is 0.294. The molecule has 2 aromatic rings. The van der Waals surface area contributed by atoms with Gasteiger partial charge in [-0.15, -0.1) is 12.4 Å². The topological polar surface area (TPSA) is 65.2 Å². The van der Waals surface area contributed by atoms with Crippen LogP contribution >= 0.6 is 12.4 Å². The molecule has 2 N–H and O–H groups in total. The number of carbonyl (C=O) groups is 1. The first-order valence-electron chi connectivity index (χ1n) is 8.37. The SMILES string of the molecule is CN(C(=O)c1cc(=O)[nH]c2cc(F)ccc12)C1CC2CCC(C1)N2.Cl. The molecule has 2 bridgehead atoms. The van der Waals surface area contributed by atoms with Crippen molar-refractivity contribution in [1.82, 2.24) is 15.2 Å². The highest BCUT2D eigenvalue weighted by molar-refractivity contribution is 6.06. The molecule has 1 aromatic carbocycles. The minimum atomic E-state index is -0.439. The van der Waals surface area contributed by atoms with Gasteiger partial charge in [0, 0.05) is 36.6 Å². The van der Waals surface area contributed by atoms with E-state index in [9.17, 15) is 14.0 Å². The number of fused-ring (bicyclic) bond motifs is 3. The van der Waals surface area contributed by atoms with E-state index in [1.807, 2.05) is 0 Å². The molecule has 1 aromatic heterocycles. The first-order valence-corrected chi connectivity index (χ1v) is 8.37. The van der Waals surface area contributed by atoms with Crippen LogP contribution < -0.4 is 10.9 Å². The fraction of sp³-hybridized carbons (Fsp3) is 0.444. The highest BCUT2D eigenvalue weighted by Crippen LogP contribution is 2.30. The molecule has 2 fully saturated rings. The van der Waals surface area contributed by atoms with Gasteiger partial charge in [0.15, 0.2) is 0 Å². The summed E-state index contributed by atoms with van der Waals surface area (Å²) in [7, 11) is 1.80. The molecule has 1 amide bonds. The second kappa shape index (κ2) is 6.77. The Labute approximate surface area is 151 Å². The largest absolute Gasteiger partial charge is 0.339 e. The monoisotopic (exact) mass is 365 g/mol. The van der Waals surface area contributed by atoms with Crippen molar-refractivity contribution in [3.05, 3.63) is 46.0 Å². The van der Waals surface area contributed by atoms with Crippen molar-refractivity contribution < 1.29 is 9.18 Å². The number of pyridine rings is 1. The molecule has 0 spiro atoms. The maximum atomic E-state index is 13.4. The van der Waals surface area contributed by atoms with Gasteiger partial charge in [-0.2, -0.15) is 0 Å². The van der Waals surface area contributed by atoms with Crippen molar-refractivity contribution >= 4 is 29.2 Å². The molecular weight excluding hydrogens is 345 g/mol. The number of hydrogen-bond acceptors (Lipinski definition) is 3. The molecule has 4 rings (SSSR count). The molecule has 2 atom stereocenters. The Morgan fingerprint density at radius 1 is 1.20 bits per heavy atom. The summed E-state index contributed by atoms with van der Waals surface area (Å²) in [4.78, 5) is 29.2. The van der Waals surface area contributed by atoms with Crippen molar-refractivity contribution in [2.45, 2.75) is 43.8 Å². The quantitative estimate of drug-likeness (QED) is 0.859. The summed E-state index contributed by atoms with van der Waals surface area (Å²) in [6.45, 7) is 0. The zero-order valence-corrected chi connectivity index (χ0v) is 14.7. The van der Waals surface area contributed by atoms with E-state index in [0.717, 1.165) is 25.7 Å². The number of halogens is 2. The molecule has 0 radical (unpaired) electrons. The fourth-order valence-corrected chi connectivity index (χ4v) is 4.11. The van der Waals surface area contributed by atoms with Gasteiger partial charge in [0.2, 0.25) is 5.56 Å². The van der Waals surface area contributed by atoms with Crippen LogP contribution in [0.3, 0.4) is 0 Å². The number of benzene rings is 1. The number of nitrogens with one attached hydrogen (secondary N) is 2. The van der Waals surface area contributed by atoms with Gasteiger partial charge in [-0.1, -0.05) is 0 Å². The third kappa shape index (κ3) is 3.28. The second-order valence-corrected chi connectivity index (χ2v) is 6.92. The molecule has 0 aliphatic carbocycles. The van der Waals surface area contributed by atoms with Gasteiger partial charge >= 0.3 is 0 Å². The van der Waals surface area contributed by atoms with E-state index in [1.54, 1.807) is 18.0 Å². The van der Waals surface area contributed by atoms with Gasteiger partial charge in [-0.25, -0.2) is 4.39 Å². The Kier molecular flexibility index (Phi) is 4.84. The lowest BCUT2D eigenvalue weighted by Gasteiger charge is -2.35. The van der Waals surface area contributed by atoms with E-state index in [0.29, 0.717) is 28.6 Å². The maximum Gasteiger partial charge on any atom is 0.254 e. The van der Waals surface area contributed by atoms with Crippen molar-refractivity contribution in [1.29, 1.82) is 0 Å². The molecular formula is C18H21ClFN3O2. The number of aromatic nitrogens is 1. The normalized spacial score (nSPS) is 24.8. The van der Waals surface area contributed by atoms with Crippen molar-refractivity contribution in [3.63, 3.8) is 0 Å². The van der Waals surface area contributed by atoms with Crippen LogP contribution in [0, 0.1) is 5.82 Å². The zero-order valence-electron chi connectivity index (χ0n) is 13.9. The molecule has 7 heteroatoms. The van der Waals surface area contributed by atoms with E-state index < -0.39 is 11.4 Å². The fourth-order valence-electron chi connectivity index (χ4n) is 4.11. The van der Waals surface area contributed by atoms with E-state index in [-0.39, 0.29) is 24.4 Å². The first kappa shape index (κ1) is 17.9. The van der Waals surface area contributed by atoms with Crippen LogP contribution in [0.5, 0.6) is 0 Å². The minimum Gasteiger partial charge on any atom is -0.339 e. The van der Waals surface area contributed by atoms with Crippen LogP contribution in [0.4, 0.5) is 4.39 Å². The smallest absolute Gasteiger partial charge is 0.254 e. The molecule has 2 aliphatic heterocycles. The molecule has 0 saturated carbocycles. The number of H-pyrrole nitrogens is 1. The van der Waals surface area contributed by atoms with Crippen LogP contribution in [0.1, 0.15) is 36.0 Å². The third-order valence-electron chi connectivity index (χ3n) is 5.35. The Hall–Kier alpha value is -1.92. The summed E-state index contributed by atoms with van der Waals surface area (Å²) in [6, 6.07) is 6.55. The van der Waals surface area contributed by atoms with Crippen LogP contribution in [0.25, 0.3) is 10.9 Å². The lowest BCUT2D eigenvalue weighted by Crippen LogP contribution is -2.48. The highest BCUT2D eigenvalue weighted by atomic mass is 35.5. The van der Waals surface area contributed by atoms with Crippen LogP contribution in [0.15, 0.2) is 29.1 Å². The Balaban J connectivity index is 0.00000182. The van der Waals surface area contributed by atoms with Crippen LogP contribution in [0.2, 0.25) is 0 Å². The predicted molar refractivity (Wildman–Crippen MR) is 96.8 cm³/mol. The van der Waals surface area contributed by atoms with E-state index in [2.05, 4.69) is 10.3 Å². The molecule has 3 heterocycles. The van der Waals surface area contributed by atoms with Crippen LogP contribution in [-0.2, 0) is 0 Å². The number of nitrogens with zero attached hydrogens (tertiary/aromatic N) is 1. The highest BCUT2D eigenvalue weighted by Gasteiger charge is 2.36. The zero-order chi connectivity index (χ0) is 16.8. The number of carbonyl (C=O) groups excluding carboxylic acids is 1. The molecule has 2 saturated heterocycles. The minimum absolute atomic E-state index is 0. The average molecular weight is 366 g/mol. The van der Waals surface area contributed by atoms with E-state index in [4.69, 9.17) is 0 Å². The number of hydrogen-bond donors (Lipinski definition) is 2. The Morgan fingerprint density at radius 2 is 1.88 bits per heavy atom. The average Bonchev–Trinajstić information content (AvgIpc) is 2.90. The summed E-state index contributed by atoms with van der Waals surface area (Å²) < 4.78 is 13.4. The summed E-state index contributed by atoms with van der Waals surface area (Å²) in [5.74, 6) is -0.616. The van der Waals surface area contributed by atoms with E-state index >= 15 is 0 Å². The van der Waals surface area contributed by atoms with Gasteiger partial charge < -0.3 is 15.2 Å². The Bertz CT molecular complexity index is 857. The molecule has 2 unspecified atom stereocenters. The Morgan fingerprint density at radius 3 is 2.56 bits per heavy atom. The lowest BCUT2D eigenvalue weighted by molar-refractivity contribution is 0.0683. The first-order chi connectivity index (χ1) is 11.5. The van der Waals surface area contributed by atoms with Gasteiger partial charge in [0.25, 0.3) is 5.91 Å². The van der Waals surface area contributed by atoms with Crippen LogP contribution in [-0.4, -0.2) is 41.0 Å². The third-order valence-corrected chi connectivity index (χ3v) is 5.35.